The largest absolute Gasteiger partial charge is 0.412 e. The van der Waals surface area contributed by atoms with Crippen molar-refractivity contribution >= 4 is 5.57 Å². The lowest BCUT2D eigenvalue weighted by Crippen LogP contribution is -2.39. The number of pyridine rings is 1. The molecule has 0 amide bonds. The highest BCUT2D eigenvalue weighted by Gasteiger charge is 2.38. The second-order valence-corrected chi connectivity index (χ2v) is 4.06. The van der Waals surface area contributed by atoms with Gasteiger partial charge in [0.05, 0.1) is 0 Å². The molecule has 2 heterocycles. The topological polar surface area (TPSA) is 44.9 Å². The number of alkyl halides is 3. The van der Waals surface area contributed by atoms with Gasteiger partial charge < -0.3 is 10.3 Å². The fourth-order valence-corrected chi connectivity index (χ4v) is 1.72. The van der Waals surface area contributed by atoms with Crippen molar-refractivity contribution in [1.82, 2.24) is 10.3 Å². The first-order chi connectivity index (χ1) is 8.36. The van der Waals surface area contributed by atoms with E-state index >= 15 is 0 Å². The van der Waals surface area contributed by atoms with E-state index in [0.717, 1.165) is 6.08 Å². The number of aromatic nitrogens is 1. The molecular weight excluding hydrogens is 245 g/mol. The molecule has 0 saturated carbocycles. The summed E-state index contributed by atoms with van der Waals surface area (Å²) in [6, 6.07) is 1.37. The van der Waals surface area contributed by atoms with Crippen molar-refractivity contribution in [2.75, 3.05) is 0 Å². The van der Waals surface area contributed by atoms with Gasteiger partial charge in [0.2, 0.25) is 5.56 Å². The molecule has 3 nitrogen and oxygen atoms in total. The maximum atomic E-state index is 12.4. The lowest BCUT2D eigenvalue weighted by Gasteiger charge is -2.21. The van der Waals surface area contributed by atoms with E-state index in [0.29, 0.717) is 16.8 Å². The van der Waals surface area contributed by atoms with E-state index < -0.39 is 12.2 Å². The van der Waals surface area contributed by atoms with Crippen LogP contribution in [0.25, 0.3) is 5.57 Å². The Labute approximate surface area is 101 Å². The molecule has 0 spiro atoms. The highest BCUT2D eigenvalue weighted by molar-refractivity contribution is 5.74. The highest BCUT2D eigenvalue weighted by Crippen LogP contribution is 2.25. The van der Waals surface area contributed by atoms with Crippen LogP contribution in [0.5, 0.6) is 0 Å². The fraction of sp³-hybridized carbons (Fsp3) is 0.250. The van der Waals surface area contributed by atoms with Crippen LogP contribution in [0.1, 0.15) is 11.3 Å². The monoisotopic (exact) mass is 256 g/mol. The molecule has 0 aliphatic carbocycles. The summed E-state index contributed by atoms with van der Waals surface area (Å²) >= 11 is 0. The van der Waals surface area contributed by atoms with E-state index in [-0.39, 0.29) is 5.56 Å². The maximum Gasteiger partial charge on any atom is 0.412 e. The van der Waals surface area contributed by atoms with Crippen molar-refractivity contribution in [3.8, 4) is 0 Å². The molecular formula is C12H11F3N2O. The zero-order chi connectivity index (χ0) is 13.3. The zero-order valence-electron chi connectivity index (χ0n) is 9.51. The van der Waals surface area contributed by atoms with Crippen molar-refractivity contribution in [3.05, 3.63) is 52.1 Å². The summed E-state index contributed by atoms with van der Waals surface area (Å²) in [6.07, 6.45) is -0.649. The molecule has 0 radical (unpaired) electrons. The molecule has 0 saturated heterocycles. The van der Waals surface area contributed by atoms with Crippen molar-refractivity contribution in [2.45, 2.75) is 19.1 Å². The minimum absolute atomic E-state index is 0.280. The van der Waals surface area contributed by atoms with Crippen LogP contribution in [0.3, 0.4) is 0 Å². The summed E-state index contributed by atoms with van der Waals surface area (Å²) < 4.78 is 37.2. The first-order valence-electron chi connectivity index (χ1n) is 5.29. The molecule has 0 fully saturated rings. The lowest BCUT2D eigenvalue weighted by atomic mass is 10.0. The summed E-state index contributed by atoms with van der Waals surface area (Å²) in [5.74, 6) is 0. The summed E-state index contributed by atoms with van der Waals surface area (Å²) in [6.45, 7) is 1.71. The van der Waals surface area contributed by atoms with Crippen molar-refractivity contribution in [1.29, 1.82) is 0 Å². The maximum absolute atomic E-state index is 12.4. The summed E-state index contributed by atoms with van der Waals surface area (Å²) in [5, 5.41) is 2.26. The molecule has 18 heavy (non-hydrogen) atoms. The molecule has 1 aromatic rings. The first-order valence-corrected chi connectivity index (χ1v) is 5.29. The Morgan fingerprint density at radius 1 is 1.28 bits per heavy atom. The van der Waals surface area contributed by atoms with E-state index in [1.165, 1.54) is 18.3 Å². The van der Waals surface area contributed by atoms with E-state index in [2.05, 4.69) is 10.3 Å². The van der Waals surface area contributed by atoms with Gasteiger partial charge >= 0.3 is 6.18 Å². The zero-order valence-corrected chi connectivity index (χ0v) is 9.51. The summed E-state index contributed by atoms with van der Waals surface area (Å²) in [7, 11) is 0. The Morgan fingerprint density at radius 3 is 2.50 bits per heavy atom. The highest BCUT2D eigenvalue weighted by atomic mass is 19.4. The van der Waals surface area contributed by atoms with E-state index in [1.54, 1.807) is 13.0 Å². The van der Waals surface area contributed by atoms with Gasteiger partial charge in [0, 0.05) is 18.0 Å². The summed E-state index contributed by atoms with van der Waals surface area (Å²) in [5.41, 5.74) is 1.51. The minimum Gasteiger partial charge on any atom is -0.376 e. The molecule has 1 atom stereocenters. The van der Waals surface area contributed by atoms with Gasteiger partial charge in [-0.15, -0.1) is 0 Å². The van der Waals surface area contributed by atoms with E-state index in [9.17, 15) is 18.0 Å². The Hall–Kier alpha value is -1.98. The SMILES string of the molecule is Cc1cc(C2=CNC(C(F)(F)F)C=C2)cc(=O)[nH]1. The molecule has 96 valence electrons. The van der Waals surface area contributed by atoms with E-state index in [1.807, 2.05) is 0 Å². The van der Waals surface area contributed by atoms with Crippen LogP contribution in [0.2, 0.25) is 0 Å². The number of halogens is 3. The number of hydrogen-bond donors (Lipinski definition) is 2. The number of aryl methyl sites for hydroxylation is 1. The third kappa shape index (κ3) is 2.64. The minimum atomic E-state index is -4.32. The molecule has 0 aromatic carbocycles. The van der Waals surface area contributed by atoms with Crippen molar-refractivity contribution in [2.24, 2.45) is 0 Å². The van der Waals surface area contributed by atoms with Crippen molar-refractivity contribution < 1.29 is 13.2 Å². The van der Waals surface area contributed by atoms with Crippen LogP contribution in [-0.4, -0.2) is 17.2 Å². The van der Waals surface area contributed by atoms with Crippen LogP contribution >= 0.6 is 0 Å². The Bertz CT molecular complexity index is 569. The average Bonchev–Trinajstić information content (AvgIpc) is 2.27. The Kier molecular flexibility index (Phi) is 3.02. The standard InChI is InChI=1S/C12H11F3N2O/c1-7-4-9(5-11(18)17-7)8-2-3-10(16-6-8)12(13,14)15/h2-6,10,16H,1H3,(H,17,18). The van der Waals surface area contributed by atoms with Gasteiger partial charge in [0.25, 0.3) is 0 Å². The molecule has 1 aliphatic rings. The van der Waals surface area contributed by atoms with Crippen LogP contribution < -0.4 is 10.9 Å². The van der Waals surface area contributed by atoms with E-state index in [4.69, 9.17) is 0 Å². The van der Waals surface area contributed by atoms with Crippen LogP contribution in [0.4, 0.5) is 13.2 Å². The number of nitrogens with one attached hydrogen (secondary N) is 2. The van der Waals surface area contributed by atoms with Gasteiger partial charge in [-0.05, 0) is 24.1 Å². The molecule has 1 aromatic heterocycles. The second-order valence-electron chi connectivity index (χ2n) is 4.06. The number of dihydropyridines is 1. The Morgan fingerprint density at radius 2 is 2.00 bits per heavy atom. The van der Waals surface area contributed by atoms with Gasteiger partial charge in [-0.3, -0.25) is 4.79 Å². The predicted octanol–water partition coefficient (Wildman–Crippen LogP) is 2.11. The van der Waals surface area contributed by atoms with Crippen LogP contribution in [-0.2, 0) is 0 Å². The predicted molar refractivity (Wildman–Crippen MR) is 61.9 cm³/mol. The normalized spacial score (nSPS) is 19.3. The number of H-pyrrole nitrogens is 1. The third-order valence-electron chi connectivity index (χ3n) is 2.55. The van der Waals surface area contributed by atoms with Gasteiger partial charge in [-0.25, -0.2) is 0 Å². The van der Waals surface area contributed by atoms with Gasteiger partial charge in [-0.2, -0.15) is 13.2 Å². The molecule has 0 bridgehead atoms. The Balaban J connectivity index is 2.26. The molecule has 1 unspecified atom stereocenters. The summed E-state index contributed by atoms with van der Waals surface area (Å²) in [4.78, 5) is 13.8. The molecule has 6 heteroatoms. The average molecular weight is 256 g/mol. The van der Waals surface area contributed by atoms with Gasteiger partial charge in [-0.1, -0.05) is 12.2 Å². The van der Waals surface area contributed by atoms with Gasteiger partial charge in [0.1, 0.15) is 6.04 Å². The number of rotatable bonds is 1. The number of allylic oxidation sites excluding steroid dienone is 2. The first kappa shape index (κ1) is 12.5. The van der Waals surface area contributed by atoms with Crippen molar-refractivity contribution in [3.63, 3.8) is 0 Å². The molecule has 2 N–H and O–H groups in total. The lowest BCUT2D eigenvalue weighted by molar-refractivity contribution is -0.142. The van der Waals surface area contributed by atoms with Gasteiger partial charge in [0.15, 0.2) is 0 Å². The third-order valence-corrected chi connectivity index (χ3v) is 2.55. The second kappa shape index (κ2) is 4.36. The fourth-order valence-electron chi connectivity index (χ4n) is 1.72. The smallest absolute Gasteiger partial charge is 0.376 e. The number of aromatic amines is 1. The quantitative estimate of drug-likeness (QED) is 0.808. The number of hydrogen-bond acceptors (Lipinski definition) is 2. The molecule has 1 aliphatic heterocycles. The van der Waals surface area contributed by atoms with Crippen LogP contribution in [0.15, 0.2) is 35.3 Å². The molecule has 2 rings (SSSR count). The van der Waals surface area contributed by atoms with Crippen LogP contribution in [0, 0.1) is 6.92 Å².